The summed E-state index contributed by atoms with van der Waals surface area (Å²) in [6.45, 7) is 2.13. The Morgan fingerprint density at radius 3 is 2.39 bits per heavy atom. The highest BCUT2D eigenvalue weighted by atomic mass is 35.5. The van der Waals surface area contributed by atoms with Crippen molar-refractivity contribution in [2.45, 2.75) is 19.6 Å². The monoisotopic (exact) mass is 415 g/mol. The lowest BCUT2D eigenvalue weighted by Gasteiger charge is -2.16. The van der Waals surface area contributed by atoms with Gasteiger partial charge < -0.3 is 14.8 Å². The van der Waals surface area contributed by atoms with Gasteiger partial charge in [0, 0.05) is 5.69 Å². The topological polar surface area (TPSA) is 47.6 Å². The van der Waals surface area contributed by atoms with Crippen LogP contribution in [0.5, 0.6) is 11.5 Å². The maximum atomic E-state index is 12.4. The Morgan fingerprint density at radius 1 is 0.964 bits per heavy atom. The first-order valence-corrected chi connectivity index (χ1v) is 9.47. The van der Waals surface area contributed by atoms with E-state index >= 15 is 0 Å². The fraction of sp³-hybridized carbons (Fsp3) is 0.136. The summed E-state index contributed by atoms with van der Waals surface area (Å²) in [5.41, 5.74) is 1.73. The number of benzene rings is 3. The van der Waals surface area contributed by atoms with Gasteiger partial charge in [-0.25, -0.2) is 0 Å². The minimum atomic E-state index is -0.745. The molecule has 0 bridgehead atoms. The van der Waals surface area contributed by atoms with E-state index < -0.39 is 6.10 Å². The molecular formula is C22H19Cl2NO3. The van der Waals surface area contributed by atoms with Crippen LogP contribution in [0.4, 0.5) is 5.69 Å². The van der Waals surface area contributed by atoms with E-state index in [0.717, 1.165) is 11.3 Å². The number of amides is 1. The fourth-order valence-electron chi connectivity index (χ4n) is 2.44. The van der Waals surface area contributed by atoms with Gasteiger partial charge in [0.1, 0.15) is 23.1 Å². The second kappa shape index (κ2) is 9.49. The number of halogens is 2. The molecule has 0 fully saturated rings. The summed E-state index contributed by atoms with van der Waals surface area (Å²) in [6.07, 6.45) is -0.745. The van der Waals surface area contributed by atoms with E-state index in [1.807, 2.05) is 30.3 Å². The highest BCUT2D eigenvalue weighted by Gasteiger charge is 2.17. The summed E-state index contributed by atoms with van der Waals surface area (Å²) in [5.74, 6) is 0.785. The molecule has 0 aliphatic rings. The SMILES string of the molecule is C[C@H](Oc1cccc(Cl)c1Cl)C(=O)Nc1ccc(OCc2ccccc2)cc1. The maximum Gasteiger partial charge on any atom is 0.265 e. The van der Waals surface area contributed by atoms with E-state index in [-0.39, 0.29) is 10.9 Å². The van der Waals surface area contributed by atoms with Crippen molar-refractivity contribution in [2.24, 2.45) is 0 Å². The highest BCUT2D eigenvalue weighted by Crippen LogP contribution is 2.32. The Hall–Kier alpha value is -2.69. The predicted molar refractivity (Wildman–Crippen MR) is 112 cm³/mol. The summed E-state index contributed by atoms with van der Waals surface area (Å²) in [7, 11) is 0. The zero-order chi connectivity index (χ0) is 19.9. The smallest absolute Gasteiger partial charge is 0.265 e. The maximum absolute atomic E-state index is 12.4. The molecule has 3 aromatic carbocycles. The number of nitrogens with one attached hydrogen (secondary N) is 1. The molecule has 0 saturated heterocycles. The predicted octanol–water partition coefficient (Wildman–Crippen LogP) is 5.98. The fourth-order valence-corrected chi connectivity index (χ4v) is 2.77. The molecule has 1 atom stereocenters. The number of carbonyl (C=O) groups is 1. The van der Waals surface area contributed by atoms with Gasteiger partial charge >= 0.3 is 0 Å². The Balaban J connectivity index is 1.54. The van der Waals surface area contributed by atoms with E-state index in [4.69, 9.17) is 32.7 Å². The zero-order valence-electron chi connectivity index (χ0n) is 15.2. The quantitative estimate of drug-likeness (QED) is 0.516. The van der Waals surface area contributed by atoms with Crippen molar-refractivity contribution in [2.75, 3.05) is 5.32 Å². The van der Waals surface area contributed by atoms with E-state index in [1.54, 1.807) is 49.4 Å². The molecule has 1 N–H and O–H groups in total. The number of rotatable bonds is 7. The average molecular weight is 416 g/mol. The lowest BCUT2D eigenvalue weighted by Crippen LogP contribution is -2.30. The van der Waals surface area contributed by atoms with E-state index in [0.29, 0.717) is 23.1 Å². The molecule has 1 amide bonds. The summed E-state index contributed by atoms with van der Waals surface area (Å²) < 4.78 is 11.4. The zero-order valence-corrected chi connectivity index (χ0v) is 16.7. The van der Waals surface area contributed by atoms with Crippen LogP contribution in [0.1, 0.15) is 12.5 Å². The number of anilines is 1. The summed E-state index contributed by atoms with van der Waals surface area (Å²) in [4.78, 5) is 12.4. The van der Waals surface area contributed by atoms with Crippen LogP contribution in [0.2, 0.25) is 10.0 Å². The molecule has 0 saturated carbocycles. The molecule has 0 spiro atoms. The van der Waals surface area contributed by atoms with Gasteiger partial charge in [-0.2, -0.15) is 0 Å². The minimum Gasteiger partial charge on any atom is -0.489 e. The van der Waals surface area contributed by atoms with Crippen LogP contribution in [-0.2, 0) is 11.4 Å². The van der Waals surface area contributed by atoms with Crippen LogP contribution in [0.3, 0.4) is 0 Å². The molecule has 0 radical (unpaired) electrons. The third-order valence-electron chi connectivity index (χ3n) is 3.96. The van der Waals surface area contributed by atoms with Crippen LogP contribution in [0.15, 0.2) is 72.8 Å². The summed E-state index contributed by atoms with van der Waals surface area (Å²) in [6, 6.07) is 22.1. The van der Waals surface area contributed by atoms with Crippen molar-refractivity contribution in [3.05, 3.63) is 88.4 Å². The first-order valence-electron chi connectivity index (χ1n) is 8.71. The standard InChI is InChI=1S/C22H19Cl2NO3/c1-15(28-20-9-5-8-19(23)21(20)24)22(26)25-17-10-12-18(13-11-17)27-14-16-6-3-2-4-7-16/h2-13,15H,14H2,1H3,(H,25,26)/t15-/m0/s1. The molecule has 0 unspecified atom stereocenters. The molecule has 0 aliphatic carbocycles. The molecular weight excluding hydrogens is 397 g/mol. The molecule has 6 heteroatoms. The Bertz CT molecular complexity index is 930. The van der Waals surface area contributed by atoms with Gasteiger partial charge in [0.15, 0.2) is 6.10 Å². The Morgan fingerprint density at radius 2 is 1.68 bits per heavy atom. The molecule has 0 aromatic heterocycles. The van der Waals surface area contributed by atoms with Gasteiger partial charge in [-0.3, -0.25) is 4.79 Å². The van der Waals surface area contributed by atoms with Crippen LogP contribution in [0, 0.1) is 0 Å². The summed E-state index contributed by atoms with van der Waals surface area (Å²) >= 11 is 12.1. The number of hydrogen-bond acceptors (Lipinski definition) is 3. The molecule has 144 valence electrons. The lowest BCUT2D eigenvalue weighted by atomic mass is 10.2. The molecule has 4 nitrogen and oxygen atoms in total. The normalized spacial score (nSPS) is 11.5. The first kappa shape index (κ1) is 20.1. The Kier molecular flexibility index (Phi) is 6.80. The van der Waals surface area contributed by atoms with Gasteiger partial charge in [-0.05, 0) is 48.9 Å². The van der Waals surface area contributed by atoms with Crippen molar-refractivity contribution in [3.8, 4) is 11.5 Å². The van der Waals surface area contributed by atoms with Crippen LogP contribution >= 0.6 is 23.2 Å². The highest BCUT2D eigenvalue weighted by molar-refractivity contribution is 6.42. The molecule has 3 aromatic rings. The van der Waals surface area contributed by atoms with E-state index in [1.165, 1.54) is 0 Å². The Labute approximate surface area is 174 Å². The van der Waals surface area contributed by atoms with Crippen LogP contribution in [-0.4, -0.2) is 12.0 Å². The van der Waals surface area contributed by atoms with Crippen LogP contribution < -0.4 is 14.8 Å². The van der Waals surface area contributed by atoms with Crippen molar-refractivity contribution < 1.29 is 14.3 Å². The van der Waals surface area contributed by atoms with Gasteiger partial charge in [-0.15, -0.1) is 0 Å². The van der Waals surface area contributed by atoms with E-state index in [2.05, 4.69) is 5.32 Å². The van der Waals surface area contributed by atoms with Gasteiger partial charge in [0.2, 0.25) is 0 Å². The largest absolute Gasteiger partial charge is 0.489 e. The third kappa shape index (κ3) is 5.41. The number of ether oxygens (including phenoxy) is 2. The average Bonchev–Trinajstić information content (AvgIpc) is 2.71. The first-order chi connectivity index (χ1) is 13.5. The van der Waals surface area contributed by atoms with Gasteiger partial charge in [-0.1, -0.05) is 59.6 Å². The van der Waals surface area contributed by atoms with Crippen molar-refractivity contribution >= 4 is 34.8 Å². The van der Waals surface area contributed by atoms with Crippen molar-refractivity contribution in [3.63, 3.8) is 0 Å². The van der Waals surface area contributed by atoms with Gasteiger partial charge in [0.05, 0.1) is 5.02 Å². The molecule has 3 rings (SSSR count). The summed E-state index contributed by atoms with van der Waals surface area (Å²) in [5, 5.41) is 3.46. The second-order valence-electron chi connectivity index (χ2n) is 6.10. The lowest BCUT2D eigenvalue weighted by molar-refractivity contribution is -0.122. The molecule has 0 aliphatic heterocycles. The van der Waals surface area contributed by atoms with Crippen molar-refractivity contribution in [1.82, 2.24) is 0 Å². The molecule has 0 heterocycles. The number of carbonyl (C=O) groups excluding carboxylic acids is 1. The van der Waals surface area contributed by atoms with Gasteiger partial charge in [0.25, 0.3) is 5.91 Å². The molecule has 28 heavy (non-hydrogen) atoms. The van der Waals surface area contributed by atoms with Crippen LogP contribution in [0.25, 0.3) is 0 Å². The second-order valence-corrected chi connectivity index (χ2v) is 6.89. The number of hydrogen-bond donors (Lipinski definition) is 1. The van der Waals surface area contributed by atoms with Crippen molar-refractivity contribution in [1.29, 1.82) is 0 Å². The van der Waals surface area contributed by atoms with E-state index in [9.17, 15) is 4.79 Å². The minimum absolute atomic E-state index is 0.281. The third-order valence-corrected chi connectivity index (χ3v) is 4.76.